The van der Waals surface area contributed by atoms with Crippen LogP contribution in [0.2, 0.25) is 0 Å². The van der Waals surface area contributed by atoms with Crippen LogP contribution in [-0.2, 0) is 12.3 Å². The number of nitro benzene ring substituents is 1. The number of aromatic nitrogens is 2. The molecule has 128 valence electrons. The highest BCUT2D eigenvalue weighted by molar-refractivity contribution is 7.98. The van der Waals surface area contributed by atoms with Gasteiger partial charge in [0.15, 0.2) is 5.16 Å². The number of non-ortho nitro benzene ring substituents is 1. The summed E-state index contributed by atoms with van der Waals surface area (Å²) in [4.78, 5) is 27.8. The van der Waals surface area contributed by atoms with Crippen LogP contribution < -0.4 is 5.56 Å². The highest BCUT2D eigenvalue weighted by Gasteiger charge is 2.12. The van der Waals surface area contributed by atoms with Gasteiger partial charge in [-0.15, -0.1) is 0 Å². The Morgan fingerprint density at radius 1 is 1.20 bits per heavy atom. The molecule has 0 atom stereocenters. The summed E-state index contributed by atoms with van der Waals surface area (Å²) < 4.78 is 1.68. The summed E-state index contributed by atoms with van der Waals surface area (Å²) in [6, 6.07) is 13.8. The largest absolute Gasteiger partial charge is 0.287 e. The van der Waals surface area contributed by atoms with Gasteiger partial charge in [-0.3, -0.25) is 19.5 Å². The van der Waals surface area contributed by atoms with Crippen molar-refractivity contribution >= 4 is 28.4 Å². The standard InChI is InChI=1S/C18H17N3O3S/c1-2-10-20-17(22)15-8-3-4-9-16(15)19-18(20)25-12-13-6-5-7-14(11-13)21(23)24/h3-9,11H,2,10,12H2,1H3. The van der Waals surface area contributed by atoms with Crippen LogP contribution >= 0.6 is 11.8 Å². The van der Waals surface area contributed by atoms with Crippen molar-refractivity contribution in [3.05, 3.63) is 74.6 Å². The first-order valence-electron chi connectivity index (χ1n) is 7.96. The molecule has 25 heavy (non-hydrogen) atoms. The summed E-state index contributed by atoms with van der Waals surface area (Å²) in [5.41, 5.74) is 1.51. The van der Waals surface area contributed by atoms with Gasteiger partial charge >= 0.3 is 0 Å². The molecule has 0 fully saturated rings. The maximum absolute atomic E-state index is 12.7. The molecule has 0 aliphatic rings. The fourth-order valence-electron chi connectivity index (χ4n) is 2.59. The lowest BCUT2D eigenvalue weighted by Crippen LogP contribution is -2.23. The van der Waals surface area contributed by atoms with E-state index in [1.165, 1.54) is 17.8 Å². The maximum Gasteiger partial charge on any atom is 0.269 e. The van der Waals surface area contributed by atoms with Crippen LogP contribution in [0.15, 0.2) is 58.5 Å². The summed E-state index contributed by atoms with van der Waals surface area (Å²) in [6.07, 6.45) is 0.824. The molecule has 0 radical (unpaired) electrons. The predicted molar refractivity (Wildman–Crippen MR) is 99.0 cm³/mol. The average molecular weight is 355 g/mol. The molecular weight excluding hydrogens is 338 g/mol. The van der Waals surface area contributed by atoms with Gasteiger partial charge in [0, 0.05) is 24.4 Å². The Balaban J connectivity index is 1.95. The number of benzene rings is 2. The summed E-state index contributed by atoms with van der Waals surface area (Å²) in [5.74, 6) is 0.510. The minimum Gasteiger partial charge on any atom is -0.287 e. The molecular formula is C18H17N3O3S. The number of hydrogen-bond acceptors (Lipinski definition) is 5. The van der Waals surface area contributed by atoms with Gasteiger partial charge in [-0.2, -0.15) is 0 Å². The van der Waals surface area contributed by atoms with Gasteiger partial charge in [0.2, 0.25) is 0 Å². The minimum absolute atomic E-state index is 0.0472. The third-order valence-corrected chi connectivity index (χ3v) is 4.81. The normalized spacial score (nSPS) is 10.9. The monoisotopic (exact) mass is 355 g/mol. The van der Waals surface area contributed by atoms with Gasteiger partial charge in [-0.25, -0.2) is 4.98 Å². The average Bonchev–Trinajstić information content (AvgIpc) is 2.63. The Morgan fingerprint density at radius 2 is 2.00 bits per heavy atom. The van der Waals surface area contributed by atoms with E-state index in [1.807, 2.05) is 31.2 Å². The van der Waals surface area contributed by atoms with Crippen LogP contribution in [0.5, 0.6) is 0 Å². The zero-order valence-electron chi connectivity index (χ0n) is 13.7. The smallest absolute Gasteiger partial charge is 0.269 e. The molecule has 6 nitrogen and oxygen atoms in total. The molecule has 0 saturated carbocycles. The van der Waals surface area contributed by atoms with E-state index in [0.29, 0.717) is 28.4 Å². The van der Waals surface area contributed by atoms with E-state index in [-0.39, 0.29) is 11.2 Å². The lowest BCUT2D eigenvalue weighted by Gasteiger charge is -2.12. The zero-order chi connectivity index (χ0) is 17.8. The van der Waals surface area contributed by atoms with Gasteiger partial charge < -0.3 is 0 Å². The van der Waals surface area contributed by atoms with Crippen molar-refractivity contribution in [2.75, 3.05) is 0 Å². The van der Waals surface area contributed by atoms with Crippen LogP contribution in [0.25, 0.3) is 10.9 Å². The van der Waals surface area contributed by atoms with Crippen molar-refractivity contribution in [2.24, 2.45) is 0 Å². The Bertz CT molecular complexity index is 985. The molecule has 0 saturated heterocycles. The fourth-order valence-corrected chi connectivity index (χ4v) is 3.55. The summed E-state index contributed by atoms with van der Waals surface area (Å²) in [6.45, 7) is 2.60. The topological polar surface area (TPSA) is 78.0 Å². The summed E-state index contributed by atoms with van der Waals surface area (Å²) in [5, 5.41) is 12.1. The highest BCUT2D eigenvalue weighted by atomic mass is 32.2. The van der Waals surface area contributed by atoms with Crippen molar-refractivity contribution in [3.8, 4) is 0 Å². The van der Waals surface area contributed by atoms with Crippen molar-refractivity contribution in [2.45, 2.75) is 30.8 Å². The molecule has 2 aromatic carbocycles. The van der Waals surface area contributed by atoms with Gasteiger partial charge in [0.05, 0.1) is 15.8 Å². The minimum atomic E-state index is -0.407. The van der Waals surface area contributed by atoms with Crippen LogP contribution in [-0.4, -0.2) is 14.5 Å². The Morgan fingerprint density at radius 3 is 2.76 bits per heavy atom. The molecule has 0 N–H and O–H groups in total. The zero-order valence-corrected chi connectivity index (χ0v) is 14.5. The van der Waals surface area contributed by atoms with Gasteiger partial charge in [-0.05, 0) is 24.1 Å². The van der Waals surface area contributed by atoms with Crippen molar-refractivity contribution in [3.63, 3.8) is 0 Å². The van der Waals surface area contributed by atoms with E-state index >= 15 is 0 Å². The molecule has 3 aromatic rings. The second-order valence-electron chi connectivity index (χ2n) is 5.58. The Hall–Kier alpha value is -2.67. The number of hydrogen-bond donors (Lipinski definition) is 0. The van der Waals surface area contributed by atoms with E-state index in [1.54, 1.807) is 22.8 Å². The van der Waals surface area contributed by atoms with Crippen LogP contribution in [0.1, 0.15) is 18.9 Å². The highest BCUT2D eigenvalue weighted by Crippen LogP contribution is 2.24. The fraction of sp³-hybridized carbons (Fsp3) is 0.222. The lowest BCUT2D eigenvalue weighted by atomic mass is 10.2. The lowest BCUT2D eigenvalue weighted by molar-refractivity contribution is -0.384. The number of thioether (sulfide) groups is 1. The molecule has 0 unspecified atom stereocenters. The molecule has 0 spiro atoms. The van der Waals surface area contributed by atoms with Crippen molar-refractivity contribution < 1.29 is 4.92 Å². The van der Waals surface area contributed by atoms with E-state index in [4.69, 9.17) is 0 Å². The van der Waals surface area contributed by atoms with E-state index in [0.717, 1.165) is 12.0 Å². The number of rotatable bonds is 6. The Kier molecular flexibility index (Phi) is 5.14. The second kappa shape index (κ2) is 7.48. The summed E-state index contributed by atoms with van der Waals surface area (Å²) in [7, 11) is 0. The van der Waals surface area contributed by atoms with E-state index in [9.17, 15) is 14.9 Å². The summed E-state index contributed by atoms with van der Waals surface area (Å²) >= 11 is 1.42. The molecule has 0 amide bonds. The molecule has 1 heterocycles. The molecule has 0 aliphatic carbocycles. The number of nitro groups is 1. The van der Waals surface area contributed by atoms with Crippen molar-refractivity contribution in [1.29, 1.82) is 0 Å². The van der Waals surface area contributed by atoms with Crippen molar-refractivity contribution in [1.82, 2.24) is 9.55 Å². The first kappa shape index (κ1) is 17.2. The maximum atomic E-state index is 12.7. The third-order valence-electron chi connectivity index (χ3n) is 3.76. The molecule has 1 aromatic heterocycles. The number of nitrogens with zero attached hydrogens (tertiary/aromatic N) is 3. The van der Waals surface area contributed by atoms with Gasteiger partial charge in [-0.1, -0.05) is 43.0 Å². The number of para-hydroxylation sites is 1. The molecule has 3 rings (SSSR count). The first-order valence-corrected chi connectivity index (χ1v) is 8.94. The van der Waals surface area contributed by atoms with Crippen LogP contribution in [0, 0.1) is 10.1 Å². The van der Waals surface area contributed by atoms with E-state index in [2.05, 4.69) is 4.98 Å². The SMILES string of the molecule is CCCn1c(SCc2cccc([N+](=O)[O-])c2)nc2ccccc2c1=O. The molecule has 0 aliphatic heterocycles. The van der Waals surface area contributed by atoms with Crippen LogP contribution in [0.4, 0.5) is 5.69 Å². The second-order valence-corrected chi connectivity index (χ2v) is 6.53. The number of fused-ring (bicyclic) bond motifs is 1. The molecule has 7 heteroatoms. The first-order chi connectivity index (χ1) is 12.1. The van der Waals surface area contributed by atoms with Crippen LogP contribution in [0.3, 0.4) is 0 Å². The molecule has 0 bridgehead atoms. The van der Waals surface area contributed by atoms with E-state index < -0.39 is 4.92 Å². The van der Waals surface area contributed by atoms with Gasteiger partial charge in [0.25, 0.3) is 11.2 Å². The van der Waals surface area contributed by atoms with Gasteiger partial charge in [0.1, 0.15) is 0 Å². The third kappa shape index (κ3) is 3.71. The predicted octanol–water partition coefficient (Wildman–Crippen LogP) is 4.01. The quantitative estimate of drug-likeness (QED) is 0.289. The Labute approximate surface area is 148 Å².